The topological polar surface area (TPSA) is 79.5 Å². The average Bonchev–Trinajstić information content (AvgIpc) is 2.68. The van der Waals surface area contributed by atoms with Crippen LogP contribution in [-0.4, -0.2) is 37.1 Å². The third kappa shape index (κ3) is 5.76. The van der Waals surface area contributed by atoms with E-state index >= 15 is 0 Å². The van der Waals surface area contributed by atoms with E-state index in [1.54, 1.807) is 36.4 Å². The number of morpholine rings is 1. The van der Waals surface area contributed by atoms with Crippen LogP contribution in [0.5, 0.6) is 0 Å². The molecule has 28 heavy (non-hydrogen) atoms. The number of benzene rings is 2. The molecular formula is C20H23ClFN3O3. The van der Waals surface area contributed by atoms with Crippen molar-refractivity contribution in [1.82, 2.24) is 10.6 Å². The lowest BCUT2D eigenvalue weighted by Gasteiger charge is -2.29. The first kappa shape index (κ1) is 21.8. The zero-order chi connectivity index (χ0) is 19.2. The minimum Gasteiger partial charge on any atom is -0.375 e. The molecule has 2 aromatic carbocycles. The quantitative estimate of drug-likeness (QED) is 0.711. The second kappa shape index (κ2) is 10.2. The number of hydrogen-bond donors (Lipinski definition) is 3. The van der Waals surface area contributed by atoms with E-state index in [9.17, 15) is 14.0 Å². The molecular weight excluding hydrogens is 385 g/mol. The molecule has 2 atom stereocenters. The van der Waals surface area contributed by atoms with Crippen LogP contribution in [0, 0.1) is 5.82 Å². The Morgan fingerprint density at radius 2 is 1.82 bits per heavy atom. The normalized spacial score (nSPS) is 18.6. The van der Waals surface area contributed by atoms with Crippen molar-refractivity contribution >= 4 is 29.9 Å². The van der Waals surface area contributed by atoms with Gasteiger partial charge in [0.1, 0.15) is 11.9 Å². The summed E-state index contributed by atoms with van der Waals surface area (Å²) in [4.78, 5) is 24.5. The number of carbonyl (C=O) groups is 2. The zero-order valence-corrected chi connectivity index (χ0v) is 16.2. The molecule has 0 unspecified atom stereocenters. The van der Waals surface area contributed by atoms with Crippen molar-refractivity contribution in [2.24, 2.45) is 0 Å². The number of hydrogen-bond acceptors (Lipinski definition) is 4. The number of ether oxygens (including phenoxy) is 1. The highest BCUT2D eigenvalue weighted by Gasteiger charge is 2.28. The van der Waals surface area contributed by atoms with Crippen molar-refractivity contribution in [3.05, 3.63) is 65.5 Å². The van der Waals surface area contributed by atoms with Crippen LogP contribution in [-0.2, 0) is 16.1 Å². The Hall–Kier alpha value is -2.48. The molecule has 0 radical (unpaired) electrons. The summed E-state index contributed by atoms with van der Waals surface area (Å²) in [5.41, 5.74) is 1.89. The van der Waals surface area contributed by atoms with Gasteiger partial charge in [-0.25, -0.2) is 4.39 Å². The van der Waals surface area contributed by atoms with E-state index < -0.39 is 6.04 Å². The van der Waals surface area contributed by atoms with Crippen molar-refractivity contribution in [1.29, 1.82) is 0 Å². The first-order valence-corrected chi connectivity index (χ1v) is 8.81. The molecule has 0 aliphatic carbocycles. The van der Waals surface area contributed by atoms with E-state index in [-0.39, 0.29) is 36.1 Å². The Labute approximate surface area is 169 Å². The average molecular weight is 408 g/mol. The van der Waals surface area contributed by atoms with Gasteiger partial charge in [0.25, 0.3) is 5.91 Å². The summed E-state index contributed by atoms with van der Waals surface area (Å²) in [6, 6.07) is 12.2. The van der Waals surface area contributed by atoms with E-state index in [1.165, 1.54) is 12.1 Å². The SMILES string of the molecule is C[C@H]1OCCN[C@@H]1C(=O)Nc1ccc(C(=O)NCc2ccc(F)cc2)cc1.Cl. The van der Waals surface area contributed by atoms with Gasteiger partial charge in [-0.15, -0.1) is 12.4 Å². The standard InChI is InChI=1S/C20H22FN3O3.ClH/c1-13-18(22-10-11-27-13)20(26)24-17-8-4-15(5-9-17)19(25)23-12-14-2-6-16(21)7-3-14;/h2-9,13,18,22H,10-12H2,1H3,(H,23,25)(H,24,26);1H/t13-,18+;/m1./s1. The smallest absolute Gasteiger partial charge is 0.251 e. The summed E-state index contributed by atoms with van der Waals surface area (Å²) in [5.74, 6) is -0.726. The number of amides is 2. The van der Waals surface area contributed by atoms with Crippen molar-refractivity contribution in [2.75, 3.05) is 18.5 Å². The molecule has 2 amide bonds. The minimum atomic E-state index is -0.405. The largest absolute Gasteiger partial charge is 0.375 e. The fourth-order valence-corrected chi connectivity index (χ4v) is 2.84. The molecule has 0 spiro atoms. The van der Waals surface area contributed by atoms with E-state index in [0.717, 1.165) is 5.56 Å². The van der Waals surface area contributed by atoms with Crippen LogP contribution in [0.3, 0.4) is 0 Å². The van der Waals surface area contributed by atoms with Gasteiger partial charge in [0.2, 0.25) is 5.91 Å². The van der Waals surface area contributed by atoms with Gasteiger partial charge in [-0.05, 0) is 48.9 Å². The predicted molar refractivity (Wildman–Crippen MR) is 107 cm³/mol. The first-order valence-electron chi connectivity index (χ1n) is 8.81. The molecule has 1 aliphatic heterocycles. The summed E-state index contributed by atoms with van der Waals surface area (Å²) in [7, 11) is 0. The summed E-state index contributed by atoms with van der Waals surface area (Å²) >= 11 is 0. The van der Waals surface area contributed by atoms with Crippen molar-refractivity contribution < 1.29 is 18.7 Å². The number of rotatable bonds is 5. The van der Waals surface area contributed by atoms with E-state index in [1.807, 2.05) is 6.92 Å². The van der Waals surface area contributed by atoms with Crippen LogP contribution in [0.2, 0.25) is 0 Å². The van der Waals surface area contributed by atoms with Gasteiger partial charge < -0.3 is 20.7 Å². The molecule has 6 nitrogen and oxygen atoms in total. The Balaban J connectivity index is 0.00000280. The lowest BCUT2D eigenvalue weighted by molar-refractivity contribution is -0.123. The van der Waals surface area contributed by atoms with Crippen LogP contribution in [0.4, 0.5) is 10.1 Å². The molecule has 2 aromatic rings. The first-order chi connectivity index (χ1) is 13.0. The molecule has 3 rings (SSSR count). The van der Waals surface area contributed by atoms with Gasteiger partial charge >= 0.3 is 0 Å². The van der Waals surface area contributed by atoms with Gasteiger partial charge in [0.15, 0.2) is 0 Å². The monoisotopic (exact) mass is 407 g/mol. The molecule has 1 fully saturated rings. The summed E-state index contributed by atoms with van der Waals surface area (Å²) in [6.07, 6.45) is -0.199. The Morgan fingerprint density at radius 1 is 1.14 bits per heavy atom. The van der Waals surface area contributed by atoms with Gasteiger partial charge in [-0.2, -0.15) is 0 Å². The van der Waals surface area contributed by atoms with E-state index in [2.05, 4.69) is 16.0 Å². The van der Waals surface area contributed by atoms with Crippen LogP contribution in [0.15, 0.2) is 48.5 Å². The summed E-state index contributed by atoms with van der Waals surface area (Å²) in [6.45, 7) is 3.38. The van der Waals surface area contributed by atoms with Gasteiger partial charge in [0, 0.05) is 24.3 Å². The molecule has 1 saturated heterocycles. The number of nitrogens with one attached hydrogen (secondary N) is 3. The molecule has 8 heteroatoms. The maximum Gasteiger partial charge on any atom is 0.251 e. The lowest BCUT2D eigenvalue weighted by atomic mass is 10.1. The lowest BCUT2D eigenvalue weighted by Crippen LogP contribution is -2.53. The fourth-order valence-electron chi connectivity index (χ4n) is 2.84. The van der Waals surface area contributed by atoms with Gasteiger partial charge in [0.05, 0.1) is 12.7 Å². The zero-order valence-electron chi connectivity index (χ0n) is 15.4. The molecule has 3 N–H and O–H groups in total. The number of carbonyl (C=O) groups excluding carboxylic acids is 2. The Kier molecular flexibility index (Phi) is 7.92. The molecule has 0 aromatic heterocycles. The molecule has 1 heterocycles. The summed E-state index contributed by atoms with van der Waals surface area (Å²) < 4.78 is 18.4. The third-order valence-corrected chi connectivity index (χ3v) is 4.38. The van der Waals surface area contributed by atoms with Crippen molar-refractivity contribution in [3.8, 4) is 0 Å². The second-order valence-corrected chi connectivity index (χ2v) is 6.38. The molecule has 1 aliphatic rings. The third-order valence-electron chi connectivity index (χ3n) is 4.38. The van der Waals surface area contributed by atoms with E-state index in [4.69, 9.17) is 4.74 Å². The van der Waals surface area contributed by atoms with Crippen LogP contribution in [0.1, 0.15) is 22.8 Å². The molecule has 0 bridgehead atoms. The maximum absolute atomic E-state index is 12.9. The number of halogens is 2. The molecule has 150 valence electrons. The Bertz CT molecular complexity index is 799. The van der Waals surface area contributed by atoms with Crippen LogP contribution in [0.25, 0.3) is 0 Å². The second-order valence-electron chi connectivity index (χ2n) is 6.38. The van der Waals surface area contributed by atoms with Gasteiger partial charge in [-0.1, -0.05) is 12.1 Å². The maximum atomic E-state index is 12.9. The predicted octanol–water partition coefficient (Wildman–Crippen LogP) is 2.49. The van der Waals surface area contributed by atoms with Crippen molar-refractivity contribution in [3.63, 3.8) is 0 Å². The van der Waals surface area contributed by atoms with Crippen molar-refractivity contribution in [2.45, 2.75) is 25.6 Å². The summed E-state index contributed by atoms with van der Waals surface area (Å²) in [5, 5.41) is 8.73. The highest BCUT2D eigenvalue weighted by atomic mass is 35.5. The van der Waals surface area contributed by atoms with Gasteiger partial charge in [-0.3, -0.25) is 9.59 Å². The minimum absolute atomic E-state index is 0. The highest BCUT2D eigenvalue weighted by molar-refractivity contribution is 5.97. The van der Waals surface area contributed by atoms with Crippen LogP contribution >= 0.6 is 12.4 Å². The molecule has 0 saturated carbocycles. The fraction of sp³-hybridized carbons (Fsp3) is 0.300. The van der Waals surface area contributed by atoms with E-state index in [0.29, 0.717) is 30.9 Å². The van der Waals surface area contributed by atoms with Crippen LogP contribution < -0.4 is 16.0 Å². The Morgan fingerprint density at radius 3 is 2.46 bits per heavy atom. The number of anilines is 1. The highest BCUT2D eigenvalue weighted by Crippen LogP contribution is 2.12.